The minimum absolute atomic E-state index is 0.0730. The first-order valence-corrected chi connectivity index (χ1v) is 18.8. The van der Waals surface area contributed by atoms with E-state index in [-0.39, 0.29) is 41.0 Å². The summed E-state index contributed by atoms with van der Waals surface area (Å²) >= 11 is 0. The first kappa shape index (κ1) is 39.2. The van der Waals surface area contributed by atoms with Crippen molar-refractivity contribution in [1.29, 1.82) is 0 Å². The van der Waals surface area contributed by atoms with Crippen LogP contribution >= 0.6 is 0 Å². The molecule has 0 radical (unpaired) electrons. The summed E-state index contributed by atoms with van der Waals surface area (Å²) in [6.07, 6.45) is -7.07. The molecule has 0 amide bonds. The predicted molar refractivity (Wildman–Crippen MR) is 207 cm³/mol. The molecule has 9 rings (SSSR count). The van der Waals surface area contributed by atoms with Crippen molar-refractivity contribution >= 4 is 29.1 Å². The van der Waals surface area contributed by atoms with E-state index in [0.29, 0.717) is 11.1 Å². The lowest BCUT2D eigenvalue weighted by Crippen LogP contribution is -2.61. The highest BCUT2D eigenvalue weighted by molar-refractivity contribution is 6.46. The van der Waals surface area contributed by atoms with E-state index in [0.717, 1.165) is 30.3 Å². The zero-order valence-electron chi connectivity index (χ0n) is 31.6. The van der Waals surface area contributed by atoms with E-state index < -0.39 is 129 Å². The van der Waals surface area contributed by atoms with Crippen LogP contribution in [-0.4, -0.2) is 93.4 Å². The number of allylic oxidation sites excluding steroid dienone is 1. The maximum Gasteiger partial charge on any atom is 0.338 e. The molecule has 1 aliphatic carbocycles. The number of carbonyl (C=O) groups is 4. The second-order valence-electron chi connectivity index (χ2n) is 15.0. The minimum atomic E-state index is -2.34. The normalized spacial score (nSPS) is 22.2. The third kappa shape index (κ3) is 6.10. The Morgan fingerprint density at radius 1 is 0.613 bits per heavy atom. The van der Waals surface area contributed by atoms with Gasteiger partial charge in [0.2, 0.25) is 11.5 Å². The molecule has 316 valence electrons. The number of benzene rings is 5. The van der Waals surface area contributed by atoms with E-state index in [1.165, 1.54) is 0 Å². The van der Waals surface area contributed by atoms with Crippen LogP contribution in [0.2, 0.25) is 0 Å². The monoisotopic (exact) mass is 848 g/mol. The van der Waals surface area contributed by atoms with Crippen molar-refractivity contribution < 1.29 is 88.8 Å². The predicted octanol–water partition coefficient (Wildman–Crippen LogP) is 4.40. The van der Waals surface area contributed by atoms with Crippen LogP contribution < -0.4 is 14.2 Å². The third-order valence-corrected chi connectivity index (χ3v) is 11.2. The van der Waals surface area contributed by atoms with Gasteiger partial charge in [-0.2, -0.15) is 0 Å². The van der Waals surface area contributed by atoms with Gasteiger partial charge in [0.15, 0.2) is 69.6 Å². The largest absolute Gasteiger partial charge is 0.504 e. The number of phenols is 8. The molecule has 4 aliphatic rings. The molecule has 0 bridgehead atoms. The molecular weight excluding hydrogens is 816 g/mol. The number of rotatable bonds is 6. The SMILES string of the molecule is O=C1C[C@@]2([C@H]3Oc4ccccc4C[C@H]3OC(=O)c3cc(O)c(O)c(O)c3)Oc3c(O)c(O)cc([C@H]4Oc5ccccc5C[C@H]4OC(=O)c4cc(O)c(O)c(O)c4)c3C2=C(O)C1=O. The molecule has 0 saturated heterocycles. The van der Waals surface area contributed by atoms with Gasteiger partial charge in [0.25, 0.3) is 5.78 Å². The van der Waals surface area contributed by atoms with Crippen molar-refractivity contribution in [3.63, 3.8) is 0 Å². The average Bonchev–Trinajstić information content (AvgIpc) is 3.60. The van der Waals surface area contributed by atoms with Crippen LogP contribution in [0.3, 0.4) is 0 Å². The Morgan fingerprint density at radius 2 is 1.10 bits per heavy atom. The van der Waals surface area contributed by atoms with Crippen LogP contribution in [0, 0.1) is 0 Å². The number of carbonyl (C=O) groups excluding carboxylic acids is 4. The summed E-state index contributed by atoms with van der Waals surface area (Å²) < 4.78 is 31.2. The molecular formula is C44H32O18. The molecule has 0 fully saturated rings. The molecule has 3 aliphatic heterocycles. The van der Waals surface area contributed by atoms with Gasteiger partial charge in [0.1, 0.15) is 23.7 Å². The van der Waals surface area contributed by atoms with Crippen molar-refractivity contribution in [2.75, 3.05) is 0 Å². The zero-order valence-corrected chi connectivity index (χ0v) is 31.6. The molecule has 18 nitrogen and oxygen atoms in total. The first-order valence-electron chi connectivity index (χ1n) is 18.8. The summed E-state index contributed by atoms with van der Waals surface area (Å²) in [5.74, 6) is -13.0. The van der Waals surface area contributed by atoms with Crippen molar-refractivity contribution in [3.05, 3.63) is 118 Å². The fourth-order valence-electron chi connectivity index (χ4n) is 8.36. The number of hydrogen-bond acceptors (Lipinski definition) is 18. The van der Waals surface area contributed by atoms with Crippen molar-refractivity contribution in [2.45, 2.75) is 49.3 Å². The van der Waals surface area contributed by atoms with E-state index in [4.69, 9.17) is 23.7 Å². The second kappa shape index (κ2) is 14.2. The van der Waals surface area contributed by atoms with Gasteiger partial charge in [-0.1, -0.05) is 36.4 Å². The van der Waals surface area contributed by atoms with E-state index in [2.05, 4.69) is 0 Å². The topological polar surface area (TPSA) is 296 Å². The molecule has 62 heavy (non-hydrogen) atoms. The number of aliphatic hydroxyl groups is 1. The number of ether oxygens (including phenoxy) is 5. The minimum Gasteiger partial charge on any atom is -0.504 e. The quantitative estimate of drug-likeness (QED) is 0.0650. The van der Waals surface area contributed by atoms with E-state index >= 15 is 0 Å². The van der Waals surface area contributed by atoms with Crippen molar-refractivity contribution in [2.24, 2.45) is 0 Å². The lowest BCUT2D eigenvalue weighted by atomic mass is 9.71. The summed E-state index contributed by atoms with van der Waals surface area (Å²) in [5.41, 5.74) is -3.00. The third-order valence-electron chi connectivity index (χ3n) is 11.2. The lowest BCUT2D eigenvalue weighted by molar-refractivity contribution is -0.142. The van der Waals surface area contributed by atoms with Crippen LogP contribution in [0.1, 0.15) is 55.5 Å². The summed E-state index contributed by atoms with van der Waals surface area (Å²) in [7, 11) is 0. The number of aromatic hydroxyl groups is 8. The fourth-order valence-corrected chi connectivity index (χ4v) is 8.36. The molecule has 0 saturated carbocycles. The van der Waals surface area contributed by atoms with Crippen molar-refractivity contribution in [3.8, 4) is 63.2 Å². The number of phenolic OH excluding ortho intramolecular Hbond substituents is 8. The van der Waals surface area contributed by atoms with Gasteiger partial charge in [-0.25, -0.2) is 9.59 Å². The van der Waals surface area contributed by atoms with Crippen LogP contribution in [0.15, 0.2) is 84.6 Å². The smallest absolute Gasteiger partial charge is 0.338 e. The molecule has 9 N–H and O–H groups in total. The molecule has 5 atom stereocenters. The fraction of sp³-hybridized carbons (Fsp3) is 0.182. The zero-order chi connectivity index (χ0) is 43.9. The Balaban J connectivity index is 1.20. The van der Waals surface area contributed by atoms with E-state index in [1.807, 2.05) is 0 Å². The van der Waals surface area contributed by atoms with Gasteiger partial charge < -0.3 is 69.6 Å². The second-order valence-corrected chi connectivity index (χ2v) is 15.0. The maximum absolute atomic E-state index is 13.7. The van der Waals surface area contributed by atoms with E-state index in [1.54, 1.807) is 48.5 Å². The van der Waals surface area contributed by atoms with Gasteiger partial charge in [0, 0.05) is 24.0 Å². The molecule has 5 aromatic carbocycles. The number of esters is 2. The maximum atomic E-state index is 13.7. The number of Topliss-reactive ketones (excluding diaryl/α,β-unsaturated/α-hetero) is 2. The van der Waals surface area contributed by atoms with Crippen LogP contribution in [0.4, 0.5) is 0 Å². The number of fused-ring (bicyclic) bond motifs is 5. The van der Waals surface area contributed by atoms with Crippen LogP contribution in [0.5, 0.6) is 63.2 Å². The molecule has 0 aromatic heterocycles. The van der Waals surface area contributed by atoms with Gasteiger partial charge in [-0.15, -0.1) is 0 Å². The molecule has 18 heteroatoms. The van der Waals surface area contributed by atoms with Gasteiger partial charge in [-0.05, 0) is 53.6 Å². The van der Waals surface area contributed by atoms with E-state index in [9.17, 15) is 65.1 Å². The van der Waals surface area contributed by atoms with Crippen LogP contribution in [0.25, 0.3) is 5.57 Å². The number of aliphatic hydroxyl groups excluding tert-OH is 1. The molecule has 0 spiro atoms. The Labute approximate surface area is 347 Å². The first-order chi connectivity index (χ1) is 29.6. The van der Waals surface area contributed by atoms with Gasteiger partial charge >= 0.3 is 11.9 Å². The molecule has 3 heterocycles. The Morgan fingerprint density at radius 3 is 1.66 bits per heavy atom. The summed E-state index contributed by atoms with van der Waals surface area (Å²) in [5, 5.41) is 94.8. The molecule has 5 aromatic rings. The number of hydrogen-bond donors (Lipinski definition) is 9. The van der Waals surface area contributed by atoms with Gasteiger partial charge in [0.05, 0.1) is 23.1 Å². The standard InChI is InChI=1S/C44H32O18/c45-22-9-19(10-23(46)34(22)51)42(56)60-30-13-17-5-1-3-7-28(17)58-39(30)21-15-26(49)37(54)40-32(21)33-38(55)36(53)27(50)16-44(33,62-40)41-31(14-18-6-2-4-8-29(18)59-41)61-43(57)20-11-24(47)35(52)25(48)12-20/h1-12,15,30-31,39,41,45-49,51-52,54-55H,13-14,16H2/t30-,31-,39-,41+,44-/m1/s1. The Kier molecular flexibility index (Phi) is 8.97. The number of ketones is 2. The van der Waals surface area contributed by atoms with Gasteiger partial charge in [-0.3, -0.25) is 9.59 Å². The highest BCUT2D eigenvalue weighted by atomic mass is 16.6. The summed E-state index contributed by atoms with van der Waals surface area (Å²) in [4.78, 5) is 54.5. The highest BCUT2D eigenvalue weighted by Crippen LogP contribution is 2.61. The highest BCUT2D eigenvalue weighted by Gasteiger charge is 2.64. The Bertz CT molecular complexity index is 2780. The Hall–Kier alpha value is -8.28. The molecule has 0 unspecified atom stereocenters. The summed E-state index contributed by atoms with van der Waals surface area (Å²) in [6.45, 7) is 0. The lowest BCUT2D eigenvalue weighted by Gasteiger charge is -2.44. The summed E-state index contributed by atoms with van der Waals surface area (Å²) in [6, 6.07) is 17.5. The van der Waals surface area contributed by atoms with Crippen molar-refractivity contribution in [1.82, 2.24) is 0 Å². The average molecular weight is 849 g/mol. The number of para-hydroxylation sites is 2. The van der Waals surface area contributed by atoms with Crippen LogP contribution in [-0.2, 0) is 31.9 Å².